The van der Waals surface area contributed by atoms with Crippen molar-refractivity contribution in [2.24, 2.45) is 0 Å². The molecule has 0 saturated carbocycles. The molecule has 2 aromatic carbocycles. The number of fused-ring (bicyclic) bond motifs is 1. The molecule has 1 atom stereocenters. The molecule has 29 heavy (non-hydrogen) atoms. The summed E-state index contributed by atoms with van der Waals surface area (Å²) in [5, 5.41) is 2.93. The van der Waals surface area contributed by atoms with E-state index in [2.05, 4.69) is 5.32 Å². The fourth-order valence-electron chi connectivity index (χ4n) is 3.51. The number of carbonyl (C=O) groups is 2. The molecule has 1 fully saturated rings. The lowest BCUT2D eigenvalue weighted by molar-refractivity contribution is -0.123. The van der Waals surface area contributed by atoms with Gasteiger partial charge < -0.3 is 24.4 Å². The van der Waals surface area contributed by atoms with Gasteiger partial charge in [0.05, 0.1) is 6.04 Å². The summed E-state index contributed by atoms with van der Waals surface area (Å²) in [5.74, 6) is 1.87. The molecule has 2 aliphatic heterocycles. The summed E-state index contributed by atoms with van der Waals surface area (Å²) in [4.78, 5) is 26.0. The second-order valence-corrected chi connectivity index (χ2v) is 7.13. The number of anilines is 1. The van der Waals surface area contributed by atoms with Gasteiger partial charge in [0, 0.05) is 24.7 Å². The Labute approximate surface area is 169 Å². The number of benzene rings is 2. The fourth-order valence-corrected chi connectivity index (χ4v) is 3.51. The third-order valence-electron chi connectivity index (χ3n) is 5.02. The van der Waals surface area contributed by atoms with Gasteiger partial charge in [0.25, 0.3) is 5.91 Å². The highest BCUT2D eigenvalue weighted by Crippen LogP contribution is 2.32. The van der Waals surface area contributed by atoms with Crippen LogP contribution in [0, 0.1) is 0 Å². The Hall–Kier alpha value is -3.22. The smallest absolute Gasteiger partial charge is 0.258 e. The number of nitrogens with one attached hydrogen (secondary N) is 1. The highest BCUT2D eigenvalue weighted by molar-refractivity contribution is 5.95. The first kappa shape index (κ1) is 19.1. The van der Waals surface area contributed by atoms with E-state index in [0.717, 1.165) is 30.0 Å². The van der Waals surface area contributed by atoms with Gasteiger partial charge in [0.1, 0.15) is 19.0 Å². The first-order valence-corrected chi connectivity index (χ1v) is 9.82. The molecule has 2 heterocycles. The van der Waals surface area contributed by atoms with Gasteiger partial charge in [-0.05, 0) is 43.2 Å². The maximum absolute atomic E-state index is 12.3. The van der Waals surface area contributed by atoms with Gasteiger partial charge in [-0.2, -0.15) is 0 Å². The molecule has 2 aromatic rings. The minimum absolute atomic E-state index is 0.105. The van der Waals surface area contributed by atoms with E-state index in [1.807, 2.05) is 37.3 Å². The molecule has 7 heteroatoms. The van der Waals surface area contributed by atoms with Crippen LogP contribution < -0.4 is 24.4 Å². The molecule has 0 aromatic heterocycles. The second kappa shape index (κ2) is 8.43. The lowest BCUT2D eigenvalue weighted by Crippen LogP contribution is -2.31. The van der Waals surface area contributed by atoms with E-state index in [0.29, 0.717) is 31.1 Å². The Morgan fingerprint density at radius 1 is 1.17 bits per heavy atom. The van der Waals surface area contributed by atoms with Crippen LogP contribution in [-0.2, 0) is 9.59 Å². The summed E-state index contributed by atoms with van der Waals surface area (Å²) < 4.78 is 16.8. The summed E-state index contributed by atoms with van der Waals surface area (Å²) >= 11 is 0. The molecular weight excluding hydrogens is 372 g/mol. The molecule has 7 nitrogen and oxygen atoms in total. The quantitative estimate of drug-likeness (QED) is 0.813. The lowest BCUT2D eigenvalue weighted by atomic mass is 10.1. The SMILES string of the molecule is C[C@@H](NC(=O)COc1cccc(N2CCCC2=O)c1)c1ccc2c(c1)OCCO2. The first-order valence-electron chi connectivity index (χ1n) is 9.82. The summed E-state index contributed by atoms with van der Waals surface area (Å²) in [6, 6.07) is 12.7. The van der Waals surface area contributed by atoms with E-state index in [1.54, 1.807) is 17.0 Å². The van der Waals surface area contributed by atoms with Crippen LogP contribution in [0.25, 0.3) is 0 Å². The molecule has 2 amide bonds. The highest BCUT2D eigenvalue weighted by Gasteiger charge is 2.22. The largest absolute Gasteiger partial charge is 0.486 e. The Kier molecular flexibility index (Phi) is 5.55. The first-order chi connectivity index (χ1) is 14.1. The standard InChI is InChI=1S/C22H24N2O5/c1-15(16-7-8-19-20(12-16)28-11-10-27-19)23-21(25)14-29-18-5-2-4-17(13-18)24-9-3-6-22(24)26/h2,4-5,7-8,12-13,15H,3,6,9-11,14H2,1H3,(H,23,25)/t15-/m1/s1. The van der Waals surface area contributed by atoms with Gasteiger partial charge in [-0.1, -0.05) is 12.1 Å². The second-order valence-electron chi connectivity index (χ2n) is 7.13. The van der Waals surface area contributed by atoms with Gasteiger partial charge >= 0.3 is 0 Å². The summed E-state index contributed by atoms with van der Waals surface area (Å²) in [6.45, 7) is 3.58. The van der Waals surface area contributed by atoms with Gasteiger partial charge in [0.2, 0.25) is 5.91 Å². The maximum atomic E-state index is 12.3. The van der Waals surface area contributed by atoms with Crippen LogP contribution in [0.4, 0.5) is 5.69 Å². The number of amides is 2. The molecule has 1 saturated heterocycles. The predicted octanol–water partition coefficient (Wildman–Crippen LogP) is 2.84. The van der Waals surface area contributed by atoms with Crippen molar-refractivity contribution < 1.29 is 23.8 Å². The number of rotatable bonds is 6. The number of nitrogens with zero attached hydrogens (tertiary/aromatic N) is 1. The van der Waals surface area contributed by atoms with Crippen molar-refractivity contribution in [3.63, 3.8) is 0 Å². The average molecular weight is 396 g/mol. The van der Waals surface area contributed by atoms with E-state index in [4.69, 9.17) is 14.2 Å². The molecule has 1 N–H and O–H groups in total. The summed E-state index contributed by atoms with van der Waals surface area (Å²) in [7, 11) is 0. The summed E-state index contributed by atoms with van der Waals surface area (Å²) in [6.07, 6.45) is 1.44. The molecule has 0 unspecified atom stereocenters. The van der Waals surface area contributed by atoms with Gasteiger partial charge in [-0.25, -0.2) is 0 Å². The van der Waals surface area contributed by atoms with E-state index in [1.165, 1.54) is 0 Å². The number of carbonyl (C=O) groups excluding carboxylic acids is 2. The van der Waals surface area contributed by atoms with Crippen molar-refractivity contribution in [3.8, 4) is 17.2 Å². The van der Waals surface area contributed by atoms with Crippen molar-refractivity contribution in [2.45, 2.75) is 25.8 Å². The van der Waals surface area contributed by atoms with E-state index in [-0.39, 0.29) is 24.5 Å². The monoisotopic (exact) mass is 396 g/mol. The lowest BCUT2D eigenvalue weighted by Gasteiger charge is -2.21. The van der Waals surface area contributed by atoms with E-state index < -0.39 is 0 Å². The van der Waals surface area contributed by atoms with Crippen molar-refractivity contribution in [1.29, 1.82) is 0 Å². The zero-order valence-electron chi connectivity index (χ0n) is 16.3. The van der Waals surface area contributed by atoms with Crippen LogP contribution in [-0.4, -0.2) is 38.2 Å². The maximum Gasteiger partial charge on any atom is 0.258 e. The minimum atomic E-state index is -0.227. The van der Waals surface area contributed by atoms with Crippen LogP contribution in [0.2, 0.25) is 0 Å². The van der Waals surface area contributed by atoms with Crippen LogP contribution in [0.3, 0.4) is 0 Å². The Bertz CT molecular complexity index is 914. The van der Waals surface area contributed by atoms with Crippen molar-refractivity contribution in [1.82, 2.24) is 5.32 Å². The van der Waals surface area contributed by atoms with Crippen molar-refractivity contribution in [2.75, 3.05) is 31.3 Å². The van der Waals surface area contributed by atoms with Crippen molar-refractivity contribution >= 4 is 17.5 Å². The third kappa shape index (κ3) is 4.45. The van der Waals surface area contributed by atoms with Crippen LogP contribution in [0.5, 0.6) is 17.2 Å². The normalized spacial score (nSPS) is 16.4. The Balaban J connectivity index is 1.32. The molecule has 2 aliphatic rings. The van der Waals surface area contributed by atoms with Crippen LogP contribution >= 0.6 is 0 Å². The topological polar surface area (TPSA) is 77.1 Å². The number of hydrogen-bond donors (Lipinski definition) is 1. The van der Waals surface area contributed by atoms with Gasteiger partial charge in [-0.15, -0.1) is 0 Å². The molecular formula is C22H24N2O5. The van der Waals surface area contributed by atoms with Gasteiger partial charge in [-0.3, -0.25) is 9.59 Å². The number of ether oxygens (including phenoxy) is 3. The minimum Gasteiger partial charge on any atom is -0.486 e. The zero-order valence-corrected chi connectivity index (χ0v) is 16.3. The van der Waals surface area contributed by atoms with E-state index >= 15 is 0 Å². The predicted molar refractivity (Wildman–Crippen MR) is 108 cm³/mol. The number of hydrogen-bond acceptors (Lipinski definition) is 5. The molecule has 0 bridgehead atoms. The molecule has 4 rings (SSSR count). The van der Waals surface area contributed by atoms with Crippen LogP contribution in [0.1, 0.15) is 31.4 Å². The third-order valence-corrected chi connectivity index (χ3v) is 5.02. The molecule has 0 aliphatic carbocycles. The fraction of sp³-hybridized carbons (Fsp3) is 0.364. The Morgan fingerprint density at radius 3 is 2.79 bits per heavy atom. The van der Waals surface area contributed by atoms with Crippen molar-refractivity contribution in [3.05, 3.63) is 48.0 Å². The average Bonchev–Trinajstić information content (AvgIpc) is 3.18. The molecule has 152 valence electrons. The summed E-state index contributed by atoms with van der Waals surface area (Å²) in [5.41, 5.74) is 1.73. The van der Waals surface area contributed by atoms with Gasteiger partial charge in [0.15, 0.2) is 18.1 Å². The molecule has 0 radical (unpaired) electrons. The van der Waals surface area contributed by atoms with E-state index in [9.17, 15) is 9.59 Å². The van der Waals surface area contributed by atoms with Crippen LogP contribution in [0.15, 0.2) is 42.5 Å². The zero-order chi connectivity index (χ0) is 20.2. The highest BCUT2D eigenvalue weighted by atomic mass is 16.6. The Morgan fingerprint density at radius 2 is 2.00 bits per heavy atom. The molecule has 0 spiro atoms.